The van der Waals surface area contributed by atoms with E-state index >= 15 is 4.39 Å². The van der Waals surface area contributed by atoms with Crippen LogP contribution in [0.4, 0.5) is 28.4 Å². The molecule has 4 aliphatic rings. The average Bonchev–Trinajstić information content (AvgIpc) is 3.79. The maximum absolute atomic E-state index is 17.3. The molecule has 11 nitrogen and oxygen atoms in total. The van der Waals surface area contributed by atoms with E-state index in [4.69, 9.17) is 20.2 Å². The summed E-state index contributed by atoms with van der Waals surface area (Å²) in [5.41, 5.74) is 7.11. The van der Waals surface area contributed by atoms with E-state index in [-0.39, 0.29) is 81.7 Å². The van der Waals surface area contributed by atoms with E-state index < -0.39 is 36.3 Å². The van der Waals surface area contributed by atoms with E-state index in [9.17, 15) is 23.5 Å². The molecule has 1 aromatic carbocycles. The molecule has 4 aromatic rings. The Morgan fingerprint density at radius 2 is 1.92 bits per heavy atom. The van der Waals surface area contributed by atoms with Gasteiger partial charge in [-0.3, -0.25) is 14.8 Å². The summed E-state index contributed by atoms with van der Waals surface area (Å²) < 4.78 is 73.7. The van der Waals surface area contributed by atoms with Gasteiger partial charge in [-0.25, -0.2) is 17.6 Å². The van der Waals surface area contributed by atoms with Gasteiger partial charge >= 0.3 is 6.01 Å². The highest BCUT2D eigenvalue weighted by Crippen LogP contribution is 2.48. The van der Waals surface area contributed by atoms with Gasteiger partial charge in [0.15, 0.2) is 11.6 Å². The van der Waals surface area contributed by atoms with Crippen LogP contribution in [-0.2, 0) is 18.0 Å². The number of aliphatic hydroxyl groups is 1. The molecule has 3 unspecified atom stereocenters. The van der Waals surface area contributed by atoms with Gasteiger partial charge in [-0.2, -0.15) is 15.2 Å². The van der Waals surface area contributed by atoms with Crippen molar-refractivity contribution in [1.82, 2.24) is 24.8 Å². The molecule has 3 N–H and O–H groups in total. The predicted molar refractivity (Wildman–Crippen MR) is 175 cm³/mol. The molecular weight excluding hydrogens is 664 g/mol. The molecule has 3 aromatic heterocycles. The first-order valence-electron chi connectivity index (χ1n) is 16.3. The third kappa shape index (κ3) is 5.16. The zero-order valence-corrected chi connectivity index (χ0v) is 27.7. The van der Waals surface area contributed by atoms with Crippen molar-refractivity contribution in [3.63, 3.8) is 0 Å². The Labute approximate surface area is 282 Å². The van der Waals surface area contributed by atoms with Crippen LogP contribution in [0.5, 0.6) is 6.01 Å². The standard InChI is InChI=1S/C33H34F4N8O3S/c1-15(46)9-44-10-16-3-4-17(11-44)45(16)31-25-20-13-47-12-19(20)23(27-24-18(7-38)30(39)49-29(24)21(34)8-40-27)26(35)28(25)41-32(42-31)48-14-22-33(36,37)5-6-43(22)2/h8,15-17,22,46H,3-6,9-14,39H2,1-2H3/t15-,16?,17?,22?/m1/s1. The minimum Gasteiger partial charge on any atom is -0.461 e. The number of nitrogens with two attached hydrogens (primary N) is 1. The number of rotatable bonds is 7. The number of fused-ring (bicyclic) bond motifs is 6. The minimum absolute atomic E-state index is 0.00156. The van der Waals surface area contributed by atoms with Gasteiger partial charge in [0, 0.05) is 55.6 Å². The summed E-state index contributed by atoms with van der Waals surface area (Å²) in [4.78, 5) is 19.5. The molecule has 49 heavy (non-hydrogen) atoms. The van der Waals surface area contributed by atoms with Crippen LogP contribution in [0.2, 0.25) is 0 Å². The summed E-state index contributed by atoms with van der Waals surface area (Å²) in [6.07, 6.45) is 1.85. The number of halogens is 4. The van der Waals surface area contributed by atoms with Crippen molar-refractivity contribution >= 4 is 43.1 Å². The van der Waals surface area contributed by atoms with Crippen LogP contribution in [0.3, 0.4) is 0 Å². The normalized spacial score (nSPS) is 24.2. The largest absolute Gasteiger partial charge is 0.461 e. The fourth-order valence-corrected chi connectivity index (χ4v) is 9.03. The van der Waals surface area contributed by atoms with Crippen LogP contribution in [0.1, 0.15) is 42.9 Å². The van der Waals surface area contributed by atoms with Gasteiger partial charge in [-0.1, -0.05) is 0 Å². The zero-order chi connectivity index (χ0) is 34.4. The topological polar surface area (TPSA) is 137 Å². The Morgan fingerprint density at radius 1 is 1.18 bits per heavy atom. The molecule has 258 valence electrons. The SMILES string of the molecule is C[C@@H](O)CN1CC2CCC(C1)N2c1nc(OCC2N(C)CCC2(F)F)nc2c(F)c(-c3ncc(F)c4sc(N)c(C#N)c34)c3c(c12)COC3. The van der Waals surface area contributed by atoms with Gasteiger partial charge in [-0.05, 0) is 37.9 Å². The number of aromatic nitrogens is 3. The molecule has 0 saturated carbocycles. The molecule has 7 heterocycles. The number of hydrogen-bond acceptors (Lipinski definition) is 12. The quantitative estimate of drug-likeness (QED) is 0.266. The number of alkyl halides is 2. The highest BCUT2D eigenvalue weighted by molar-refractivity contribution is 7.23. The van der Waals surface area contributed by atoms with Crippen LogP contribution >= 0.6 is 11.3 Å². The molecule has 0 spiro atoms. The number of β-amino-alcohol motifs (C(OH)–C–C–N with tert-alkyl or cyclic N) is 1. The predicted octanol–water partition coefficient (Wildman–Crippen LogP) is 4.42. The number of hydrogen-bond donors (Lipinski definition) is 2. The van der Waals surface area contributed by atoms with E-state index in [0.717, 1.165) is 30.4 Å². The van der Waals surface area contributed by atoms with Gasteiger partial charge < -0.3 is 25.2 Å². The Bertz CT molecular complexity index is 2020. The van der Waals surface area contributed by atoms with Crippen molar-refractivity contribution in [1.29, 1.82) is 5.26 Å². The zero-order valence-electron chi connectivity index (χ0n) is 26.8. The van der Waals surface area contributed by atoms with Gasteiger partial charge in [0.25, 0.3) is 5.92 Å². The first-order valence-corrected chi connectivity index (χ1v) is 17.1. The number of ether oxygens (including phenoxy) is 2. The number of thiophene rings is 1. The molecule has 8 rings (SSSR count). The van der Waals surface area contributed by atoms with Crippen molar-refractivity contribution in [3.8, 4) is 23.3 Å². The lowest BCUT2D eigenvalue weighted by Crippen LogP contribution is -2.55. The van der Waals surface area contributed by atoms with E-state index in [2.05, 4.69) is 19.8 Å². The third-order valence-electron chi connectivity index (χ3n) is 10.3. The third-order valence-corrected chi connectivity index (χ3v) is 11.3. The molecule has 3 fully saturated rings. The van der Waals surface area contributed by atoms with Gasteiger partial charge in [0.2, 0.25) is 0 Å². The Hall–Kier alpha value is -3.88. The van der Waals surface area contributed by atoms with E-state index in [1.54, 1.807) is 14.0 Å². The summed E-state index contributed by atoms with van der Waals surface area (Å²) in [6, 6.07) is 0.526. The number of pyridine rings is 1. The lowest BCUT2D eigenvalue weighted by molar-refractivity contribution is -0.0442. The number of likely N-dealkylation sites (N-methyl/N-ethyl adjacent to an activating group) is 1. The molecule has 0 aliphatic carbocycles. The highest BCUT2D eigenvalue weighted by Gasteiger charge is 2.48. The second-order valence-electron chi connectivity index (χ2n) is 13.5. The number of nitrogens with zero attached hydrogens (tertiary/aromatic N) is 7. The number of nitriles is 1. The van der Waals surface area contributed by atoms with Crippen molar-refractivity contribution in [3.05, 3.63) is 34.5 Å². The molecule has 3 saturated heterocycles. The van der Waals surface area contributed by atoms with Crippen LogP contribution in [-0.4, -0.2) is 99.8 Å². The van der Waals surface area contributed by atoms with Crippen molar-refractivity contribution < 1.29 is 32.1 Å². The lowest BCUT2D eigenvalue weighted by Gasteiger charge is -2.42. The molecular formula is C33H34F4N8O3S. The second kappa shape index (κ2) is 11.9. The number of piperazine rings is 1. The fourth-order valence-electron chi connectivity index (χ4n) is 8.11. The first-order chi connectivity index (χ1) is 23.5. The monoisotopic (exact) mass is 698 g/mol. The number of aliphatic hydroxyl groups excluding tert-OH is 1. The summed E-state index contributed by atoms with van der Waals surface area (Å²) in [6.45, 7) is 3.48. The summed E-state index contributed by atoms with van der Waals surface area (Å²) in [7, 11) is 1.60. The molecule has 0 radical (unpaired) electrons. The number of anilines is 2. The molecule has 0 amide bonds. The van der Waals surface area contributed by atoms with E-state index in [1.807, 2.05) is 6.07 Å². The molecule has 4 aliphatic heterocycles. The van der Waals surface area contributed by atoms with Crippen LogP contribution in [0.25, 0.3) is 32.2 Å². The van der Waals surface area contributed by atoms with Crippen LogP contribution in [0.15, 0.2) is 6.20 Å². The van der Waals surface area contributed by atoms with E-state index in [1.165, 1.54) is 4.90 Å². The maximum atomic E-state index is 17.3. The second-order valence-corrected chi connectivity index (χ2v) is 14.5. The Morgan fingerprint density at radius 3 is 2.59 bits per heavy atom. The van der Waals surface area contributed by atoms with Crippen LogP contribution < -0.4 is 15.4 Å². The van der Waals surface area contributed by atoms with E-state index in [0.29, 0.717) is 42.0 Å². The smallest absolute Gasteiger partial charge is 0.319 e. The summed E-state index contributed by atoms with van der Waals surface area (Å²) in [5.74, 6) is -4.04. The molecule has 4 atom stereocenters. The lowest BCUT2D eigenvalue weighted by atomic mass is 9.93. The van der Waals surface area contributed by atoms with Gasteiger partial charge in [0.1, 0.15) is 35.1 Å². The van der Waals surface area contributed by atoms with Crippen LogP contribution in [0, 0.1) is 23.0 Å². The average molecular weight is 699 g/mol. The minimum atomic E-state index is -2.98. The summed E-state index contributed by atoms with van der Waals surface area (Å²) >= 11 is 0.884. The van der Waals surface area contributed by atoms with Crippen molar-refractivity contribution in [2.24, 2.45) is 0 Å². The Kier molecular flexibility index (Phi) is 7.83. The summed E-state index contributed by atoms with van der Waals surface area (Å²) in [5, 5.41) is 20.6. The molecule has 16 heteroatoms. The van der Waals surface area contributed by atoms with Gasteiger partial charge in [0.05, 0.1) is 46.9 Å². The van der Waals surface area contributed by atoms with Crippen molar-refractivity contribution in [2.45, 2.75) is 69.6 Å². The highest BCUT2D eigenvalue weighted by atomic mass is 32.1. The van der Waals surface area contributed by atoms with Crippen molar-refractivity contribution in [2.75, 3.05) is 50.5 Å². The van der Waals surface area contributed by atoms with Gasteiger partial charge in [-0.15, -0.1) is 11.3 Å². The number of benzene rings is 1. The Balaban J connectivity index is 1.33. The molecule has 2 bridgehead atoms. The number of nitrogen functional groups attached to an aromatic ring is 1. The fraction of sp³-hybridized carbons (Fsp3) is 0.515. The number of likely N-dealkylation sites (tertiary alicyclic amines) is 2. The maximum Gasteiger partial charge on any atom is 0.319 e. The first kappa shape index (κ1) is 32.3.